The number of carbonyl (C=O) groups excluding carboxylic acids is 1. The molecule has 1 aromatic carbocycles. The summed E-state index contributed by atoms with van der Waals surface area (Å²) in [6, 6.07) is 3.83. The Hall–Kier alpha value is -2.21. The predicted molar refractivity (Wildman–Crippen MR) is 175 cm³/mol. The van der Waals surface area contributed by atoms with Gasteiger partial charge in [0.25, 0.3) is 0 Å². The normalized spacial score (nSPS) is 15.8. The third kappa shape index (κ3) is 7.37. The lowest BCUT2D eigenvalue weighted by Gasteiger charge is -2.36. The molecular formula is C32H49ClN4O5Si. The van der Waals surface area contributed by atoms with Crippen LogP contribution in [0.5, 0.6) is 0 Å². The van der Waals surface area contributed by atoms with Crippen LogP contribution in [0.2, 0.25) is 23.2 Å². The number of esters is 1. The Bertz CT molecular complexity index is 1420. The molecule has 4 rings (SSSR count). The Morgan fingerprint density at radius 1 is 1.23 bits per heavy atom. The molecule has 238 valence electrons. The molecule has 1 aliphatic rings. The number of aliphatic hydroxyl groups is 1. The van der Waals surface area contributed by atoms with Gasteiger partial charge in [-0.05, 0) is 62.9 Å². The summed E-state index contributed by atoms with van der Waals surface area (Å²) in [5.74, 6) is -0.394. The van der Waals surface area contributed by atoms with E-state index >= 15 is 0 Å². The summed E-state index contributed by atoms with van der Waals surface area (Å²) in [6.45, 7) is 19.8. The van der Waals surface area contributed by atoms with Gasteiger partial charge in [0.15, 0.2) is 8.32 Å². The summed E-state index contributed by atoms with van der Waals surface area (Å²) in [7, 11) is -0.0150. The van der Waals surface area contributed by atoms with Crippen LogP contribution in [0.15, 0.2) is 12.1 Å². The van der Waals surface area contributed by atoms with Gasteiger partial charge in [-0.3, -0.25) is 9.58 Å². The average Bonchev–Trinajstić information content (AvgIpc) is 3.47. The van der Waals surface area contributed by atoms with Gasteiger partial charge in [-0.2, -0.15) is 5.10 Å². The molecule has 3 heterocycles. The van der Waals surface area contributed by atoms with E-state index in [1.165, 1.54) is 0 Å². The highest BCUT2D eigenvalue weighted by atomic mass is 35.5. The van der Waals surface area contributed by atoms with Crippen LogP contribution in [0.3, 0.4) is 0 Å². The van der Waals surface area contributed by atoms with Crippen LogP contribution in [0, 0.1) is 6.92 Å². The number of carbonyl (C=O) groups is 1. The van der Waals surface area contributed by atoms with Gasteiger partial charge in [-0.25, -0.2) is 4.79 Å². The molecule has 1 saturated heterocycles. The quantitative estimate of drug-likeness (QED) is 0.135. The number of fused-ring (bicyclic) bond motifs is 1. The van der Waals surface area contributed by atoms with Crippen molar-refractivity contribution in [3.8, 4) is 11.1 Å². The highest BCUT2D eigenvalue weighted by Crippen LogP contribution is 2.42. The first-order valence-electron chi connectivity index (χ1n) is 15.4. The topological polar surface area (TPSA) is 102 Å². The number of H-pyrrole nitrogens is 1. The number of hydrogen-bond acceptors (Lipinski definition) is 7. The van der Waals surface area contributed by atoms with Gasteiger partial charge in [-0.1, -0.05) is 38.4 Å². The second kappa shape index (κ2) is 13.8. The minimum absolute atomic E-state index is 0.127. The van der Waals surface area contributed by atoms with Gasteiger partial charge >= 0.3 is 5.97 Å². The molecule has 0 aliphatic carbocycles. The van der Waals surface area contributed by atoms with E-state index < -0.39 is 20.4 Å². The average molecular weight is 633 g/mol. The standard InChI is InChI=1S/C32H49ClN4O5Si/c1-9-41-31(39)29-22(11-10-18-42-43(7,8)32(3,4)5)23-12-13-24(33)27(28(23)34-29)26-21(2)36(6)35-30(26)25(38)14-15-37-16-19-40-20-17-37/h12-13,25,34,38H,9-11,14-20H2,1-8H3. The Morgan fingerprint density at radius 2 is 1.93 bits per heavy atom. The minimum atomic E-state index is -1.89. The van der Waals surface area contributed by atoms with Gasteiger partial charge in [-0.15, -0.1) is 0 Å². The smallest absolute Gasteiger partial charge is 0.355 e. The second-order valence-corrected chi connectivity index (χ2v) is 18.2. The molecule has 2 aromatic heterocycles. The molecule has 1 unspecified atom stereocenters. The minimum Gasteiger partial charge on any atom is -0.461 e. The number of aromatic amines is 1. The van der Waals surface area contributed by atoms with Crippen molar-refractivity contribution in [3.63, 3.8) is 0 Å². The Morgan fingerprint density at radius 3 is 2.58 bits per heavy atom. The van der Waals surface area contributed by atoms with Crippen LogP contribution in [0.25, 0.3) is 22.0 Å². The molecule has 0 saturated carbocycles. The fourth-order valence-electron chi connectivity index (χ4n) is 5.41. The van der Waals surface area contributed by atoms with Crippen LogP contribution >= 0.6 is 11.6 Å². The molecule has 3 aromatic rings. The molecule has 2 N–H and O–H groups in total. The maximum absolute atomic E-state index is 13.2. The van der Waals surface area contributed by atoms with Crippen molar-refractivity contribution in [2.45, 2.75) is 78.1 Å². The van der Waals surface area contributed by atoms with Crippen LogP contribution in [-0.2, 0) is 27.4 Å². The number of nitrogens with zero attached hydrogens (tertiary/aromatic N) is 3. The van der Waals surface area contributed by atoms with E-state index in [0.29, 0.717) is 49.1 Å². The van der Waals surface area contributed by atoms with Gasteiger partial charge in [0.1, 0.15) is 5.69 Å². The van der Waals surface area contributed by atoms with E-state index in [2.05, 4.69) is 43.7 Å². The van der Waals surface area contributed by atoms with Gasteiger partial charge in [0, 0.05) is 55.5 Å². The molecule has 11 heteroatoms. The second-order valence-electron chi connectivity index (χ2n) is 13.0. The monoisotopic (exact) mass is 632 g/mol. The van der Waals surface area contributed by atoms with E-state index in [1.54, 1.807) is 11.6 Å². The van der Waals surface area contributed by atoms with E-state index in [9.17, 15) is 9.90 Å². The number of rotatable bonds is 12. The van der Waals surface area contributed by atoms with Crippen LogP contribution in [0.4, 0.5) is 0 Å². The molecule has 1 aliphatic heterocycles. The molecule has 0 spiro atoms. The highest BCUT2D eigenvalue weighted by molar-refractivity contribution is 6.74. The molecule has 1 atom stereocenters. The third-order valence-corrected chi connectivity index (χ3v) is 14.0. The number of aliphatic hydroxyl groups excluding tert-OH is 1. The number of halogens is 1. The van der Waals surface area contributed by atoms with Crippen LogP contribution in [-0.4, -0.2) is 85.1 Å². The number of hydrogen-bond donors (Lipinski definition) is 2. The number of morpholine rings is 1. The number of aromatic nitrogens is 3. The van der Waals surface area contributed by atoms with E-state index in [4.69, 9.17) is 30.6 Å². The highest BCUT2D eigenvalue weighted by Gasteiger charge is 2.37. The van der Waals surface area contributed by atoms with Gasteiger partial charge in [0.2, 0.25) is 0 Å². The lowest BCUT2D eigenvalue weighted by molar-refractivity contribution is 0.0297. The molecule has 0 amide bonds. The summed E-state index contributed by atoms with van der Waals surface area (Å²) in [5.41, 5.74) is 5.06. The number of ether oxygens (including phenoxy) is 2. The van der Waals surface area contributed by atoms with E-state index in [-0.39, 0.29) is 11.6 Å². The fraction of sp³-hybridized carbons (Fsp3) is 0.625. The first kappa shape index (κ1) is 33.7. The van der Waals surface area contributed by atoms with Gasteiger partial charge in [0.05, 0.1) is 42.2 Å². The van der Waals surface area contributed by atoms with Crippen molar-refractivity contribution in [2.75, 3.05) is 46.1 Å². The predicted octanol–water partition coefficient (Wildman–Crippen LogP) is 6.42. The maximum atomic E-state index is 13.2. The number of benzene rings is 1. The summed E-state index contributed by atoms with van der Waals surface area (Å²) in [5, 5.41) is 17.7. The molecule has 0 bridgehead atoms. The number of nitrogens with one attached hydrogen (secondary N) is 1. The zero-order valence-corrected chi connectivity index (χ0v) is 28.9. The zero-order chi connectivity index (χ0) is 31.5. The largest absolute Gasteiger partial charge is 0.461 e. The van der Waals surface area contributed by atoms with E-state index in [0.717, 1.165) is 59.3 Å². The third-order valence-electron chi connectivity index (χ3n) is 9.10. The maximum Gasteiger partial charge on any atom is 0.355 e. The SMILES string of the molecule is CCOC(=O)c1[nH]c2c(-c3c(C(O)CCN4CCOCC4)nn(C)c3C)c(Cl)ccc2c1CCCO[Si](C)(C)C(C)(C)C. The number of aryl methyl sites for hydroxylation is 2. The van der Waals surface area contributed by atoms with E-state index in [1.807, 2.05) is 26.1 Å². The fourth-order valence-corrected chi connectivity index (χ4v) is 6.75. The lowest BCUT2D eigenvalue weighted by atomic mass is 9.96. The van der Waals surface area contributed by atoms with Crippen LogP contribution < -0.4 is 0 Å². The van der Waals surface area contributed by atoms with Crippen molar-refractivity contribution < 1.29 is 23.8 Å². The molecule has 43 heavy (non-hydrogen) atoms. The summed E-state index contributed by atoms with van der Waals surface area (Å²) in [4.78, 5) is 18.9. The molecular weight excluding hydrogens is 584 g/mol. The first-order chi connectivity index (χ1) is 20.3. The van der Waals surface area contributed by atoms with Crippen molar-refractivity contribution in [1.82, 2.24) is 19.7 Å². The Balaban J connectivity index is 1.71. The lowest BCUT2D eigenvalue weighted by Crippen LogP contribution is -2.41. The van der Waals surface area contributed by atoms with Gasteiger partial charge < -0.3 is 24.0 Å². The van der Waals surface area contributed by atoms with Crippen molar-refractivity contribution in [3.05, 3.63) is 39.8 Å². The Labute approximate surface area is 262 Å². The van der Waals surface area contributed by atoms with Crippen molar-refractivity contribution >= 4 is 36.8 Å². The molecule has 9 nitrogen and oxygen atoms in total. The summed E-state index contributed by atoms with van der Waals surface area (Å²) < 4.78 is 19.1. The molecule has 1 fully saturated rings. The zero-order valence-electron chi connectivity index (χ0n) is 27.1. The molecule has 0 radical (unpaired) electrons. The van der Waals surface area contributed by atoms with Crippen molar-refractivity contribution in [1.29, 1.82) is 0 Å². The first-order valence-corrected chi connectivity index (χ1v) is 18.7. The Kier molecular flexibility index (Phi) is 10.8. The summed E-state index contributed by atoms with van der Waals surface area (Å²) in [6.07, 6.45) is 1.16. The van der Waals surface area contributed by atoms with Crippen molar-refractivity contribution in [2.24, 2.45) is 7.05 Å². The summed E-state index contributed by atoms with van der Waals surface area (Å²) >= 11 is 6.92. The van der Waals surface area contributed by atoms with Crippen LogP contribution in [0.1, 0.15) is 74.1 Å².